The molecule has 1 heterocycles. The summed E-state index contributed by atoms with van der Waals surface area (Å²) >= 11 is 12.0. The lowest BCUT2D eigenvalue weighted by Crippen LogP contribution is -2.19. The van der Waals surface area contributed by atoms with E-state index in [1.807, 2.05) is 6.07 Å². The lowest BCUT2D eigenvalue weighted by atomic mass is 10.0. The third kappa shape index (κ3) is 4.38. The smallest absolute Gasteiger partial charge is 0.186 e. The molecule has 1 N–H and O–H groups in total. The van der Waals surface area contributed by atoms with Gasteiger partial charge in [-0.15, -0.1) is 0 Å². The summed E-state index contributed by atoms with van der Waals surface area (Å²) in [5.41, 5.74) is 1.90. The van der Waals surface area contributed by atoms with E-state index in [-0.39, 0.29) is 9.79 Å². The molecule has 0 aromatic heterocycles. The van der Waals surface area contributed by atoms with Crippen molar-refractivity contribution in [3.63, 3.8) is 0 Å². The lowest BCUT2D eigenvalue weighted by Gasteiger charge is -2.16. The quantitative estimate of drug-likeness (QED) is 0.540. The Morgan fingerprint density at radius 1 is 0.903 bits per heavy atom. The first-order valence-corrected chi connectivity index (χ1v) is 13.4. The van der Waals surface area contributed by atoms with Crippen LogP contribution in [0.25, 0.3) is 0 Å². The van der Waals surface area contributed by atoms with Crippen molar-refractivity contribution in [1.82, 2.24) is 5.32 Å². The van der Waals surface area contributed by atoms with Crippen LogP contribution in [0.5, 0.6) is 0 Å². The molecule has 3 aromatic rings. The van der Waals surface area contributed by atoms with Crippen LogP contribution in [-0.2, 0) is 32.8 Å². The van der Waals surface area contributed by atoms with E-state index >= 15 is 0 Å². The van der Waals surface area contributed by atoms with Gasteiger partial charge in [0.05, 0.1) is 25.6 Å². The van der Waals surface area contributed by atoms with E-state index in [4.69, 9.17) is 23.2 Å². The lowest BCUT2D eigenvalue weighted by molar-refractivity contribution is 0.581. The number of sulfone groups is 2. The van der Waals surface area contributed by atoms with Gasteiger partial charge >= 0.3 is 0 Å². The van der Waals surface area contributed by atoms with Crippen LogP contribution >= 0.6 is 23.2 Å². The Morgan fingerprint density at radius 2 is 1.65 bits per heavy atom. The minimum absolute atomic E-state index is 0.0887. The monoisotopic (exact) mass is 495 g/mol. The van der Waals surface area contributed by atoms with Gasteiger partial charge in [0.15, 0.2) is 19.7 Å². The van der Waals surface area contributed by atoms with Crippen molar-refractivity contribution in [3.8, 4) is 0 Å². The van der Waals surface area contributed by atoms with E-state index in [1.165, 1.54) is 18.2 Å². The zero-order valence-corrected chi connectivity index (χ0v) is 19.4. The van der Waals surface area contributed by atoms with Gasteiger partial charge in [0, 0.05) is 13.1 Å². The average molecular weight is 496 g/mol. The highest BCUT2D eigenvalue weighted by Gasteiger charge is 2.44. The molecule has 0 fully saturated rings. The summed E-state index contributed by atoms with van der Waals surface area (Å²) < 4.78 is 52.1. The molecular formula is C22H19Cl2NO4S2. The van der Waals surface area contributed by atoms with Crippen molar-refractivity contribution in [1.29, 1.82) is 0 Å². The minimum atomic E-state index is -3.87. The van der Waals surface area contributed by atoms with Crippen LogP contribution in [0.3, 0.4) is 0 Å². The van der Waals surface area contributed by atoms with Crippen LogP contribution in [0.15, 0.2) is 76.5 Å². The fourth-order valence-corrected chi connectivity index (χ4v) is 8.51. The number of fused-ring (bicyclic) bond motifs is 1. The normalized spacial score (nSPS) is 17.4. The molecular weight excluding hydrogens is 477 g/mol. The number of benzene rings is 3. The predicted octanol–water partition coefficient (Wildman–Crippen LogP) is 4.59. The molecule has 0 saturated carbocycles. The van der Waals surface area contributed by atoms with Gasteiger partial charge in [-0.3, -0.25) is 0 Å². The second kappa shape index (κ2) is 8.56. The molecule has 1 aliphatic heterocycles. The summed E-state index contributed by atoms with van der Waals surface area (Å²) in [5.74, 6) is -0.455. The molecule has 3 aromatic carbocycles. The number of hydrogen-bond donors (Lipinski definition) is 1. The van der Waals surface area contributed by atoms with Crippen LogP contribution < -0.4 is 5.32 Å². The molecule has 0 amide bonds. The number of halogens is 2. The fourth-order valence-electron chi connectivity index (χ4n) is 3.76. The van der Waals surface area contributed by atoms with Crippen LogP contribution in [0.4, 0.5) is 0 Å². The van der Waals surface area contributed by atoms with Crippen LogP contribution in [0.2, 0.25) is 10.0 Å². The highest BCUT2D eigenvalue weighted by molar-refractivity contribution is 7.96. The molecule has 31 heavy (non-hydrogen) atoms. The van der Waals surface area contributed by atoms with Gasteiger partial charge in [-0.25, -0.2) is 16.8 Å². The Balaban J connectivity index is 1.66. The van der Waals surface area contributed by atoms with Crippen molar-refractivity contribution in [2.75, 3.05) is 5.75 Å². The molecule has 0 spiro atoms. The van der Waals surface area contributed by atoms with E-state index in [1.54, 1.807) is 42.5 Å². The zero-order chi connectivity index (χ0) is 22.2. The Labute approximate surface area is 191 Å². The van der Waals surface area contributed by atoms with Gasteiger partial charge in [0.25, 0.3) is 0 Å². The molecule has 5 nitrogen and oxygen atoms in total. The number of nitrogens with one attached hydrogen (secondary N) is 1. The highest BCUT2D eigenvalue weighted by Crippen LogP contribution is 2.42. The van der Waals surface area contributed by atoms with Crippen molar-refractivity contribution < 1.29 is 16.8 Å². The van der Waals surface area contributed by atoms with E-state index in [0.29, 0.717) is 34.3 Å². The first-order chi connectivity index (χ1) is 14.7. The Hall–Kier alpha value is -1.90. The second-order valence-corrected chi connectivity index (χ2v) is 12.3. The Kier molecular flexibility index (Phi) is 6.16. The molecule has 4 rings (SSSR count). The highest BCUT2D eigenvalue weighted by atomic mass is 35.5. The van der Waals surface area contributed by atoms with E-state index in [0.717, 1.165) is 5.56 Å². The summed E-state index contributed by atoms with van der Waals surface area (Å²) in [6.45, 7) is 0.767. The maximum atomic E-state index is 13.3. The first kappa shape index (κ1) is 22.3. The van der Waals surface area contributed by atoms with Gasteiger partial charge in [0.2, 0.25) is 0 Å². The number of rotatable bonds is 6. The summed E-state index contributed by atoms with van der Waals surface area (Å²) in [5, 5.41) is 3.01. The third-order valence-corrected chi connectivity index (χ3v) is 10.1. The molecule has 1 unspecified atom stereocenters. The fraction of sp³-hybridized carbons (Fsp3) is 0.182. The molecule has 1 atom stereocenters. The predicted molar refractivity (Wildman–Crippen MR) is 122 cm³/mol. The molecule has 9 heteroatoms. The standard InChI is InChI=1S/C22H19Cl2NO4S2/c23-18-10-9-15(11-19(18)24)12-25-13-16-5-4-8-20-22(16)21(14-30(20,26)27)31(28,29)17-6-2-1-3-7-17/h1-11,21,25H,12-14H2. The molecule has 0 aliphatic carbocycles. The van der Waals surface area contributed by atoms with Crippen molar-refractivity contribution in [3.05, 3.63) is 93.5 Å². The SMILES string of the molecule is O=S1(=O)CC(S(=O)(=O)c2ccccc2)c2c(CNCc3ccc(Cl)c(Cl)c3)cccc21. The van der Waals surface area contributed by atoms with Crippen LogP contribution in [-0.4, -0.2) is 22.6 Å². The van der Waals surface area contributed by atoms with Crippen molar-refractivity contribution >= 4 is 42.9 Å². The van der Waals surface area contributed by atoms with Gasteiger partial charge in [-0.05, 0) is 47.0 Å². The second-order valence-electron chi connectivity index (χ2n) is 7.31. The van der Waals surface area contributed by atoms with E-state index < -0.39 is 30.7 Å². The third-order valence-electron chi connectivity index (χ3n) is 5.26. The Bertz CT molecular complexity index is 1340. The summed E-state index contributed by atoms with van der Waals surface area (Å²) in [4.78, 5) is 0.201. The van der Waals surface area contributed by atoms with E-state index in [9.17, 15) is 16.8 Å². The van der Waals surface area contributed by atoms with Gasteiger partial charge in [0.1, 0.15) is 5.25 Å². The van der Waals surface area contributed by atoms with Crippen LogP contribution in [0.1, 0.15) is 21.9 Å². The summed E-state index contributed by atoms with van der Waals surface area (Å²) in [7, 11) is -7.57. The molecule has 162 valence electrons. The van der Waals surface area contributed by atoms with Gasteiger partial charge in [-0.1, -0.05) is 59.6 Å². The summed E-state index contributed by atoms with van der Waals surface area (Å²) in [6, 6.07) is 18.1. The maximum absolute atomic E-state index is 13.3. The molecule has 0 radical (unpaired) electrons. The largest absolute Gasteiger partial charge is 0.309 e. The minimum Gasteiger partial charge on any atom is -0.309 e. The molecule has 1 aliphatic rings. The van der Waals surface area contributed by atoms with Crippen LogP contribution in [0, 0.1) is 0 Å². The Morgan fingerprint density at radius 3 is 2.35 bits per heavy atom. The maximum Gasteiger partial charge on any atom is 0.186 e. The van der Waals surface area contributed by atoms with Gasteiger partial charge < -0.3 is 5.32 Å². The molecule has 0 saturated heterocycles. The average Bonchev–Trinajstić information content (AvgIpc) is 3.04. The molecule has 0 bridgehead atoms. The first-order valence-electron chi connectivity index (χ1n) is 9.48. The van der Waals surface area contributed by atoms with Gasteiger partial charge in [-0.2, -0.15) is 0 Å². The number of hydrogen-bond acceptors (Lipinski definition) is 5. The zero-order valence-electron chi connectivity index (χ0n) is 16.3. The van der Waals surface area contributed by atoms with E-state index in [2.05, 4.69) is 5.32 Å². The van der Waals surface area contributed by atoms with Crippen molar-refractivity contribution in [2.45, 2.75) is 28.1 Å². The topological polar surface area (TPSA) is 80.3 Å². The summed E-state index contributed by atoms with van der Waals surface area (Å²) in [6.07, 6.45) is 0. The van der Waals surface area contributed by atoms with Crippen molar-refractivity contribution in [2.24, 2.45) is 0 Å².